The maximum Gasteiger partial charge on any atom is 0.436 e. The van der Waals surface area contributed by atoms with Crippen LogP contribution in [0.2, 0.25) is 5.15 Å². The van der Waals surface area contributed by atoms with Gasteiger partial charge in [-0.05, 0) is 6.42 Å². The Bertz CT molecular complexity index is 659. The third-order valence-electron chi connectivity index (χ3n) is 2.79. The monoisotopic (exact) mass is 313 g/mol. The van der Waals surface area contributed by atoms with Crippen molar-refractivity contribution in [3.63, 3.8) is 0 Å². The van der Waals surface area contributed by atoms with Crippen molar-refractivity contribution in [2.75, 3.05) is 11.5 Å². The van der Waals surface area contributed by atoms with E-state index in [0.717, 1.165) is 4.68 Å². The first kappa shape index (κ1) is 14.1. The molecule has 1 aliphatic rings. The molecule has 1 aromatic heterocycles. The summed E-state index contributed by atoms with van der Waals surface area (Å²) in [7, 11) is -3.29. The Morgan fingerprint density at radius 2 is 2.11 bits per heavy atom. The highest BCUT2D eigenvalue weighted by atomic mass is 35.5. The van der Waals surface area contributed by atoms with E-state index in [4.69, 9.17) is 16.9 Å². The molecule has 5 nitrogen and oxygen atoms in total. The zero-order valence-electron chi connectivity index (χ0n) is 9.28. The van der Waals surface area contributed by atoms with E-state index >= 15 is 0 Å². The van der Waals surface area contributed by atoms with E-state index < -0.39 is 38.5 Å². The maximum atomic E-state index is 12.7. The number of nitriles is 1. The number of sulfone groups is 1. The summed E-state index contributed by atoms with van der Waals surface area (Å²) >= 11 is 5.69. The summed E-state index contributed by atoms with van der Waals surface area (Å²) < 4.78 is 61.4. The van der Waals surface area contributed by atoms with Gasteiger partial charge in [0.1, 0.15) is 16.8 Å². The Hall–Kier alpha value is -1.27. The molecular weight excluding hydrogens is 307 g/mol. The molecule has 0 amide bonds. The molecule has 0 aromatic carbocycles. The molecule has 2 rings (SSSR count). The number of alkyl halides is 3. The van der Waals surface area contributed by atoms with Crippen LogP contribution in [-0.4, -0.2) is 29.7 Å². The number of aromatic nitrogens is 2. The lowest BCUT2D eigenvalue weighted by Crippen LogP contribution is -2.14. The largest absolute Gasteiger partial charge is 0.436 e. The van der Waals surface area contributed by atoms with Crippen molar-refractivity contribution in [1.29, 1.82) is 5.26 Å². The molecule has 10 heteroatoms. The van der Waals surface area contributed by atoms with E-state index in [-0.39, 0.29) is 17.9 Å². The predicted molar refractivity (Wildman–Crippen MR) is 59.3 cm³/mol. The SMILES string of the molecule is N#Cc1c(C(F)(F)F)nn(C2CCS(=O)(=O)C2)c1Cl. The molecule has 19 heavy (non-hydrogen) atoms. The van der Waals surface area contributed by atoms with Crippen molar-refractivity contribution in [3.05, 3.63) is 16.4 Å². The first-order chi connectivity index (χ1) is 8.65. The van der Waals surface area contributed by atoms with Gasteiger partial charge in [0.2, 0.25) is 0 Å². The van der Waals surface area contributed by atoms with Crippen LogP contribution in [0.25, 0.3) is 0 Å². The summed E-state index contributed by atoms with van der Waals surface area (Å²) in [6, 6.07) is 0.587. The number of halogens is 4. The molecule has 1 aliphatic heterocycles. The van der Waals surface area contributed by atoms with Crippen LogP contribution in [0.5, 0.6) is 0 Å². The first-order valence-electron chi connectivity index (χ1n) is 5.11. The van der Waals surface area contributed by atoms with Crippen LogP contribution in [0.15, 0.2) is 0 Å². The summed E-state index contributed by atoms with van der Waals surface area (Å²) in [5.41, 5.74) is -2.16. The van der Waals surface area contributed by atoms with Crippen LogP contribution in [0.4, 0.5) is 13.2 Å². The summed E-state index contributed by atoms with van der Waals surface area (Å²) in [6.45, 7) is 0. The lowest BCUT2D eigenvalue weighted by Gasteiger charge is -2.09. The molecule has 0 aliphatic carbocycles. The second kappa shape index (κ2) is 4.38. The molecule has 0 bridgehead atoms. The Labute approximate surface area is 111 Å². The van der Waals surface area contributed by atoms with Gasteiger partial charge in [0.05, 0.1) is 17.5 Å². The molecule has 0 radical (unpaired) electrons. The summed E-state index contributed by atoms with van der Waals surface area (Å²) in [5, 5.41) is 11.5. The molecule has 1 saturated heterocycles. The van der Waals surface area contributed by atoms with Gasteiger partial charge < -0.3 is 0 Å². The smallest absolute Gasteiger partial charge is 0.248 e. The average molecular weight is 314 g/mol. The molecule has 1 fully saturated rings. The summed E-state index contributed by atoms with van der Waals surface area (Å²) in [6.07, 6.45) is -4.68. The van der Waals surface area contributed by atoms with Gasteiger partial charge in [-0.3, -0.25) is 0 Å². The van der Waals surface area contributed by atoms with Gasteiger partial charge in [-0.25, -0.2) is 13.1 Å². The van der Waals surface area contributed by atoms with Gasteiger partial charge >= 0.3 is 6.18 Å². The minimum Gasteiger partial charge on any atom is -0.248 e. The Morgan fingerprint density at radius 1 is 1.47 bits per heavy atom. The average Bonchev–Trinajstić information content (AvgIpc) is 2.77. The summed E-state index contributed by atoms with van der Waals surface area (Å²) in [5.74, 6) is -0.451. The van der Waals surface area contributed by atoms with E-state index in [2.05, 4.69) is 5.10 Å². The molecular formula is C9H7ClF3N3O2S. The Balaban J connectivity index is 2.50. The first-order valence-corrected chi connectivity index (χ1v) is 7.31. The van der Waals surface area contributed by atoms with Crippen LogP contribution < -0.4 is 0 Å². The normalized spacial score (nSPS) is 22.4. The summed E-state index contributed by atoms with van der Waals surface area (Å²) in [4.78, 5) is 0. The van der Waals surface area contributed by atoms with Crippen molar-refractivity contribution in [2.24, 2.45) is 0 Å². The van der Waals surface area contributed by atoms with Crippen LogP contribution in [0.1, 0.15) is 23.7 Å². The molecule has 2 heterocycles. The standard InChI is InChI=1S/C9H7ClF3N3O2S/c10-8-6(3-14)7(9(11,12)13)15-16(8)5-1-2-19(17,18)4-5/h5H,1-2,4H2. The van der Waals surface area contributed by atoms with E-state index in [1.807, 2.05) is 0 Å². The fourth-order valence-corrected chi connectivity index (χ4v) is 3.92. The van der Waals surface area contributed by atoms with Crippen molar-refractivity contribution in [1.82, 2.24) is 9.78 Å². The number of rotatable bonds is 1. The highest BCUT2D eigenvalue weighted by Crippen LogP contribution is 2.36. The topological polar surface area (TPSA) is 75.8 Å². The molecule has 104 valence electrons. The van der Waals surface area contributed by atoms with E-state index in [1.54, 1.807) is 0 Å². The fourth-order valence-electron chi connectivity index (χ4n) is 1.92. The van der Waals surface area contributed by atoms with Crippen LogP contribution >= 0.6 is 11.6 Å². The molecule has 1 unspecified atom stereocenters. The number of nitrogens with zero attached hydrogens (tertiary/aromatic N) is 3. The number of hydrogen-bond donors (Lipinski definition) is 0. The zero-order valence-corrected chi connectivity index (χ0v) is 10.8. The van der Waals surface area contributed by atoms with Gasteiger partial charge in [-0.2, -0.15) is 23.5 Å². The second-order valence-electron chi connectivity index (χ2n) is 4.13. The lowest BCUT2D eigenvalue weighted by molar-refractivity contribution is -0.141. The van der Waals surface area contributed by atoms with Crippen LogP contribution in [-0.2, 0) is 16.0 Å². The highest BCUT2D eigenvalue weighted by molar-refractivity contribution is 7.91. The quantitative estimate of drug-likeness (QED) is 0.792. The van der Waals surface area contributed by atoms with Crippen molar-refractivity contribution in [2.45, 2.75) is 18.6 Å². The van der Waals surface area contributed by atoms with Gasteiger partial charge in [-0.15, -0.1) is 0 Å². The van der Waals surface area contributed by atoms with E-state index in [1.165, 1.54) is 6.07 Å². The zero-order chi connectivity index (χ0) is 14.4. The van der Waals surface area contributed by atoms with Crippen LogP contribution in [0, 0.1) is 11.3 Å². The molecule has 0 saturated carbocycles. The van der Waals surface area contributed by atoms with E-state index in [9.17, 15) is 21.6 Å². The Morgan fingerprint density at radius 3 is 2.47 bits per heavy atom. The van der Waals surface area contributed by atoms with E-state index in [0.29, 0.717) is 0 Å². The van der Waals surface area contributed by atoms with Gasteiger partial charge in [-0.1, -0.05) is 11.6 Å². The minimum atomic E-state index is -4.81. The van der Waals surface area contributed by atoms with Crippen LogP contribution in [0.3, 0.4) is 0 Å². The van der Waals surface area contributed by atoms with Crippen molar-refractivity contribution >= 4 is 21.4 Å². The highest BCUT2D eigenvalue weighted by Gasteiger charge is 2.41. The maximum absolute atomic E-state index is 12.7. The third-order valence-corrected chi connectivity index (χ3v) is 4.90. The second-order valence-corrected chi connectivity index (χ2v) is 6.71. The molecule has 1 aromatic rings. The van der Waals surface area contributed by atoms with Crippen molar-refractivity contribution in [3.8, 4) is 6.07 Å². The predicted octanol–water partition coefficient (Wildman–Crippen LogP) is 1.79. The molecule has 0 spiro atoms. The van der Waals surface area contributed by atoms with Gasteiger partial charge in [0, 0.05) is 0 Å². The third kappa shape index (κ3) is 2.55. The Kier molecular flexibility index (Phi) is 3.26. The minimum absolute atomic E-state index is 0.128. The van der Waals surface area contributed by atoms with Gasteiger partial charge in [0.25, 0.3) is 0 Å². The molecule has 1 atom stereocenters. The fraction of sp³-hybridized carbons (Fsp3) is 0.556. The number of hydrogen-bond acceptors (Lipinski definition) is 4. The van der Waals surface area contributed by atoms with Gasteiger partial charge in [0.15, 0.2) is 15.5 Å². The van der Waals surface area contributed by atoms with Crippen molar-refractivity contribution < 1.29 is 21.6 Å². The molecule has 0 N–H and O–H groups in total. The lowest BCUT2D eigenvalue weighted by atomic mass is 10.2.